The highest BCUT2D eigenvalue weighted by Crippen LogP contribution is 2.20. The van der Waals surface area contributed by atoms with Crippen LogP contribution in [-0.2, 0) is 6.61 Å². The van der Waals surface area contributed by atoms with E-state index < -0.39 is 0 Å². The maximum Gasteiger partial charge on any atom is 0.276 e. The number of aromatic nitrogens is 3. The van der Waals surface area contributed by atoms with Gasteiger partial charge in [-0.05, 0) is 12.1 Å². The number of hydrogen-bond donors (Lipinski definition) is 0. The van der Waals surface area contributed by atoms with E-state index in [-0.39, 0.29) is 24.3 Å². The van der Waals surface area contributed by atoms with Crippen LogP contribution in [0.3, 0.4) is 0 Å². The van der Waals surface area contributed by atoms with Gasteiger partial charge in [0.1, 0.15) is 24.2 Å². The number of pyridine rings is 2. The minimum atomic E-state index is -0.163. The molecule has 1 saturated heterocycles. The summed E-state index contributed by atoms with van der Waals surface area (Å²) in [5, 5.41) is 4.36. The molecule has 0 saturated carbocycles. The Kier molecular flexibility index (Phi) is 5.90. The fraction of sp³-hybridized carbons (Fsp3) is 0.300. The molecule has 150 valence electrons. The number of carbonyl (C=O) groups excluding carboxylic acids is 1. The van der Waals surface area contributed by atoms with Crippen LogP contribution in [0.4, 0.5) is 0 Å². The zero-order chi connectivity index (χ0) is 20.1. The lowest BCUT2D eigenvalue weighted by molar-refractivity contribution is 0.0585. The van der Waals surface area contributed by atoms with Crippen molar-refractivity contribution in [2.75, 3.05) is 13.1 Å². The monoisotopic (exact) mass is 414 g/mol. The van der Waals surface area contributed by atoms with Gasteiger partial charge in [0.05, 0.1) is 17.4 Å². The van der Waals surface area contributed by atoms with Crippen molar-refractivity contribution in [3.05, 3.63) is 65.5 Å². The van der Waals surface area contributed by atoms with Crippen LogP contribution in [0.1, 0.15) is 29.1 Å². The predicted molar refractivity (Wildman–Crippen MR) is 104 cm³/mol. The zero-order valence-corrected chi connectivity index (χ0v) is 16.3. The van der Waals surface area contributed by atoms with Gasteiger partial charge < -0.3 is 18.9 Å². The van der Waals surface area contributed by atoms with Crippen LogP contribution >= 0.6 is 11.6 Å². The fourth-order valence-corrected chi connectivity index (χ4v) is 3.22. The Morgan fingerprint density at radius 2 is 2.00 bits per heavy atom. The standard InChI is InChI=1S/C20H19ClN4O4/c21-14-8-17(12-23-10-14)27-13-18-9-19(24-29-18)20(26)25-6-3-15(4-7-25)28-16-2-1-5-22-11-16/h1-2,5,8-12,15H,3-4,6-7,13H2. The molecule has 0 spiro atoms. The van der Waals surface area contributed by atoms with Gasteiger partial charge in [0, 0.05) is 50.5 Å². The van der Waals surface area contributed by atoms with E-state index in [2.05, 4.69) is 15.1 Å². The largest absolute Gasteiger partial charge is 0.489 e. The van der Waals surface area contributed by atoms with Crippen molar-refractivity contribution >= 4 is 17.5 Å². The Balaban J connectivity index is 1.28. The zero-order valence-electron chi connectivity index (χ0n) is 15.5. The van der Waals surface area contributed by atoms with Crippen LogP contribution in [0.15, 0.2) is 53.6 Å². The molecule has 4 heterocycles. The van der Waals surface area contributed by atoms with E-state index in [4.69, 9.17) is 25.6 Å². The molecule has 0 bridgehead atoms. The lowest BCUT2D eigenvalue weighted by atomic mass is 10.1. The second-order valence-electron chi connectivity index (χ2n) is 6.60. The maximum absolute atomic E-state index is 12.7. The minimum Gasteiger partial charge on any atom is -0.489 e. The molecule has 0 radical (unpaired) electrons. The second-order valence-corrected chi connectivity index (χ2v) is 7.04. The summed E-state index contributed by atoms with van der Waals surface area (Å²) in [7, 11) is 0. The molecule has 0 atom stereocenters. The molecule has 3 aromatic heterocycles. The summed E-state index contributed by atoms with van der Waals surface area (Å²) in [6, 6.07) is 6.96. The highest BCUT2D eigenvalue weighted by Gasteiger charge is 2.26. The normalized spacial score (nSPS) is 14.6. The molecule has 9 heteroatoms. The number of likely N-dealkylation sites (tertiary alicyclic amines) is 1. The smallest absolute Gasteiger partial charge is 0.276 e. The van der Waals surface area contributed by atoms with Crippen LogP contribution in [0.25, 0.3) is 0 Å². The van der Waals surface area contributed by atoms with E-state index in [9.17, 15) is 4.79 Å². The van der Waals surface area contributed by atoms with Crippen LogP contribution in [-0.4, -0.2) is 45.1 Å². The molecule has 1 aliphatic heterocycles. The van der Waals surface area contributed by atoms with Gasteiger partial charge in [-0.15, -0.1) is 0 Å². The van der Waals surface area contributed by atoms with Crippen LogP contribution < -0.4 is 9.47 Å². The molecule has 1 fully saturated rings. The summed E-state index contributed by atoms with van der Waals surface area (Å²) in [6.07, 6.45) is 8.02. The molecule has 0 aromatic carbocycles. The van der Waals surface area contributed by atoms with Gasteiger partial charge in [0.2, 0.25) is 0 Å². The van der Waals surface area contributed by atoms with E-state index in [1.54, 1.807) is 35.6 Å². The average molecular weight is 415 g/mol. The summed E-state index contributed by atoms with van der Waals surface area (Å²) in [5.41, 5.74) is 0.263. The number of ether oxygens (including phenoxy) is 2. The van der Waals surface area contributed by atoms with Crippen LogP contribution in [0.2, 0.25) is 5.02 Å². The first-order valence-corrected chi connectivity index (χ1v) is 9.60. The summed E-state index contributed by atoms with van der Waals surface area (Å²) >= 11 is 5.87. The first-order valence-electron chi connectivity index (χ1n) is 9.22. The maximum atomic E-state index is 12.7. The number of amides is 1. The molecule has 8 nitrogen and oxygen atoms in total. The Labute approximate surface area is 172 Å². The number of hydrogen-bond acceptors (Lipinski definition) is 7. The van der Waals surface area contributed by atoms with E-state index in [1.165, 1.54) is 6.20 Å². The third-order valence-corrected chi connectivity index (χ3v) is 4.71. The Morgan fingerprint density at radius 3 is 2.76 bits per heavy atom. The Bertz CT molecular complexity index is 958. The molecule has 0 aliphatic carbocycles. The lowest BCUT2D eigenvalue weighted by Crippen LogP contribution is -2.41. The van der Waals surface area contributed by atoms with Crippen molar-refractivity contribution in [3.8, 4) is 11.5 Å². The van der Waals surface area contributed by atoms with E-state index in [1.807, 2.05) is 12.1 Å². The summed E-state index contributed by atoms with van der Waals surface area (Å²) in [5.74, 6) is 1.54. The van der Waals surface area contributed by atoms with Crippen LogP contribution in [0, 0.1) is 0 Å². The van der Waals surface area contributed by atoms with E-state index in [0.717, 1.165) is 18.6 Å². The number of nitrogens with zero attached hydrogens (tertiary/aromatic N) is 4. The highest BCUT2D eigenvalue weighted by molar-refractivity contribution is 6.30. The van der Waals surface area contributed by atoms with Crippen molar-refractivity contribution in [1.82, 2.24) is 20.0 Å². The van der Waals surface area contributed by atoms with Gasteiger partial charge in [-0.1, -0.05) is 16.8 Å². The first kappa shape index (κ1) is 19.2. The topological polar surface area (TPSA) is 90.6 Å². The molecule has 1 aliphatic rings. The first-order chi connectivity index (χ1) is 14.2. The van der Waals surface area contributed by atoms with Crippen molar-refractivity contribution in [2.45, 2.75) is 25.6 Å². The third-order valence-electron chi connectivity index (χ3n) is 4.51. The molecule has 4 rings (SSSR count). The van der Waals surface area contributed by atoms with Gasteiger partial charge in [-0.25, -0.2) is 0 Å². The highest BCUT2D eigenvalue weighted by atomic mass is 35.5. The summed E-state index contributed by atoms with van der Waals surface area (Å²) < 4.78 is 16.7. The van der Waals surface area contributed by atoms with Gasteiger partial charge in [-0.3, -0.25) is 14.8 Å². The van der Waals surface area contributed by atoms with Crippen molar-refractivity contribution in [1.29, 1.82) is 0 Å². The molecule has 0 N–H and O–H groups in total. The molecule has 1 amide bonds. The molecule has 0 unspecified atom stereocenters. The Morgan fingerprint density at radius 1 is 1.17 bits per heavy atom. The molecular formula is C20H19ClN4O4. The summed E-state index contributed by atoms with van der Waals surface area (Å²) in [4.78, 5) is 22.4. The third kappa shape index (κ3) is 5.03. The molecule has 3 aromatic rings. The number of rotatable bonds is 6. The molecule has 29 heavy (non-hydrogen) atoms. The summed E-state index contributed by atoms with van der Waals surface area (Å²) in [6.45, 7) is 1.32. The Hall–Kier alpha value is -3.13. The van der Waals surface area contributed by atoms with Crippen molar-refractivity contribution < 1.29 is 18.8 Å². The quantitative estimate of drug-likeness (QED) is 0.610. The lowest BCUT2D eigenvalue weighted by Gasteiger charge is -2.31. The number of piperidine rings is 1. The minimum absolute atomic E-state index is 0.0656. The van der Waals surface area contributed by atoms with E-state index >= 15 is 0 Å². The predicted octanol–water partition coefficient (Wildman–Crippen LogP) is 3.38. The fourth-order valence-electron chi connectivity index (χ4n) is 3.06. The van der Waals surface area contributed by atoms with Gasteiger partial charge in [0.15, 0.2) is 11.5 Å². The SMILES string of the molecule is O=C(c1cc(COc2cncc(Cl)c2)on1)N1CCC(Oc2cccnc2)CC1. The number of carbonyl (C=O) groups is 1. The second kappa shape index (κ2) is 8.91. The van der Waals surface area contributed by atoms with E-state index in [0.29, 0.717) is 29.6 Å². The van der Waals surface area contributed by atoms with Gasteiger partial charge >= 0.3 is 0 Å². The van der Waals surface area contributed by atoms with Gasteiger partial charge in [0.25, 0.3) is 5.91 Å². The number of halogens is 1. The molecular weight excluding hydrogens is 396 g/mol. The van der Waals surface area contributed by atoms with Gasteiger partial charge in [-0.2, -0.15) is 0 Å². The van der Waals surface area contributed by atoms with Crippen molar-refractivity contribution in [2.24, 2.45) is 0 Å². The van der Waals surface area contributed by atoms with Crippen molar-refractivity contribution in [3.63, 3.8) is 0 Å². The van der Waals surface area contributed by atoms with Crippen LogP contribution in [0.5, 0.6) is 11.5 Å². The average Bonchev–Trinajstić information content (AvgIpc) is 3.22.